The molecule has 0 aliphatic rings. The molecule has 0 bridgehead atoms. The van der Waals surface area contributed by atoms with Gasteiger partial charge in [-0.05, 0) is 47.5 Å². The number of hydrogen-bond donors (Lipinski definition) is 2. The van der Waals surface area contributed by atoms with Crippen molar-refractivity contribution in [3.8, 4) is 22.6 Å². The fourth-order valence-electron chi connectivity index (χ4n) is 3.93. The van der Waals surface area contributed by atoms with Crippen LogP contribution >= 0.6 is 23.2 Å². The van der Waals surface area contributed by atoms with Gasteiger partial charge in [0, 0.05) is 24.3 Å². The number of nitro benzene ring substituents is 2. The third kappa shape index (κ3) is 6.40. The molecule has 0 unspecified atom stereocenters. The van der Waals surface area contributed by atoms with Crippen LogP contribution in [0.4, 0.5) is 22.7 Å². The van der Waals surface area contributed by atoms with Gasteiger partial charge in [-0.3, -0.25) is 29.8 Å². The summed E-state index contributed by atoms with van der Waals surface area (Å²) < 4.78 is 10.9. The average Bonchev–Trinajstić information content (AvgIpc) is 2.97. The predicted octanol–water partition coefficient (Wildman–Crippen LogP) is 7.00. The molecule has 0 radical (unpaired) electrons. The number of rotatable bonds is 9. The van der Waals surface area contributed by atoms with Gasteiger partial charge in [-0.15, -0.1) is 0 Å². The lowest BCUT2D eigenvalue weighted by molar-refractivity contribution is -0.385. The Bertz CT molecular complexity index is 1620. The lowest BCUT2D eigenvalue weighted by Gasteiger charge is -2.15. The van der Waals surface area contributed by atoms with E-state index >= 15 is 0 Å². The summed E-state index contributed by atoms with van der Waals surface area (Å²) >= 11 is 12.2. The van der Waals surface area contributed by atoms with Crippen LogP contribution in [-0.2, 0) is 0 Å². The molecule has 0 aliphatic carbocycles. The van der Waals surface area contributed by atoms with Crippen LogP contribution in [0.25, 0.3) is 11.1 Å². The Morgan fingerprint density at radius 2 is 1.02 bits per heavy atom. The van der Waals surface area contributed by atoms with Crippen LogP contribution in [0.3, 0.4) is 0 Å². The number of carbonyl (C=O) groups excluding carboxylic acids is 2. The molecule has 0 spiro atoms. The van der Waals surface area contributed by atoms with Gasteiger partial charge >= 0.3 is 0 Å². The number of amides is 2. The van der Waals surface area contributed by atoms with Gasteiger partial charge < -0.3 is 20.1 Å². The van der Waals surface area contributed by atoms with Crippen molar-refractivity contribution in [3.05, 3.63) is 114 Å². The van der Waals surface area contributed by atoms with Gasteiger partial charge in [0.05, 0.1) is 56.6 Å². The summed E-state index contributed by atoms with van der Waals surface area (Å²) in [5.74, 6) is -0.751. The molecule has 0 atom stereocenters. The Kier molecular flexibility index (Phi) is 8.89. The number of anilines is 2. The molecule has 42 heavy (non-hydrogen) atoms. The minimum atomic E-state index is -0.666. The lowest BCUT2D eigenvalue weighted by atomic mass is 10.0. The van der Waals surface area contributed by atoms with Crippen LogP contribution in [0.5, 0.6) is 11.5 Å². The van der Waals surface area contributed by atoms with Crippen molar-refractivity contribution in [2.75, 3.05) is 24.9 Å². The monoisotopic (exact) mass is 610 g/mol. The normalized spacial score (nSPS) is 10.5. The first-order chi connectivity index (χ1) is 20.0. The molecule has 0 saturated carbocycles. The summed E-state index contributed by atoms with van der Waals surface area (Å²) in [7, 11) is 2.82. The van der Waals surface area contributed by atoms with E-state index in [1.165, 1.54) is 38.5 Å². The number of non-ortho nitro benzene ring substituents is 2. The van der Waals surface area contributed by atoms with E-state index in [-0.39, 0.29) is 32.5 Å². The zero-order chi connectivity index (χ0) is 30.6. The van der Waals surface area contributed by atoms with E-state index in [4.69, 9.17) is 32.7 Å². The Morgan fingerprint density at radius 3 is 1.36 bits per heavy atom. The van der Waals surface area contributed by atoms with Gasteiger partial charge in [-0.1, -0.05) is 35.3 Å². The highest BCUT2D eigenvalue weighted by Crippen LogP contribution is 2.36. The second-order valence-electron chi connectivity index (χ2n) is 8.58. The maximum Gasteiger partial charge on any atom is 0.270 e. The molecule has 0 aromatic heterocycles. The zero-order valence-electron chi connectivity index (χ0n) is 21.8. The third-order valence-electron chi connectivity index (χ3n) is 6.04. The van der Waals surface area contributed by atoms with E-state index in [1.54, 1.807) is 36.4 Å². The standard InChI is InChI=1S/C28H20Cl2N4O8/c1-41-25-11-15(3-9-23(25)31-27(35)19-13-17(33(37)38)5-7-21(19)29)16-4-10-24(26(12-16)42-2)32-28(36)20-14-18(34(39)40)6-8-22(20)30/h3-14H,1-2H3,(H,31,35)(H,32,36). The quantitative estimate of drug-likeness (QED) is 0.151. The largest absolute Gasteiger partial charge is 0.495 e. The molecule has 12 nitrogen and oxygen atoms in total. The van der Waals surface area contributed by atoms with Crippen LogP contribution in [0.15, 0.2) is 72.8 Å². The predicted molar refractivity (Wildman–Crippen MR) is 157 cm³/mol. The molecule has 2 N–H and O–H groups in total. The Balaban J connectivity index is 1.58. The van der Waals surface area contributed by atoms with Gasteiger partial charge in [0.1, 0.15) is 11.5 Å². The summed E-state index contributed by atoms with van der Waals surface area (Å²) in [5, 5.41) is 27.6. The van der Waals surface area contributed by atoms with Crippen LogP contribution in [0.2, 0.25) is 10.0 Å². The smallest absolute Gasteiger partial charge is 0.270 e. The van der Waals surface area contributed by atoms with Gasteiger partial charge in [-0.25, -0.2) is 0 Å². The molecule has 14 heteroatoms. The van der Waals surface area contributed by atoms with Crippen molar-refractivity contribution in [1.29, 1.82) is 0 Å². The number of nitro groups is 2. The van der Waals surface area contributed by atoms with Crippen LogP contribution < -0.4 is 20.1 Å². The number of ether oxygens (including phenoxy) is 2. The number of nitrogens with one attached hydrogen (secondary N) is 2. The minimum absolute atomic E-state index is 0.0423. The highest BCUT2D eigenvalue weighted by Gasteiger charge is 2.20. The van der Waals surface area contributed by atoms with E-state index in [1.807, 2.05) is 0 Å². The summed E-state index contributed by atoms with van der Waals surface area (Å²) in [6, 6.07) is 17.0. The molecule has 4 aromatic carbocycles. The van der Waals surface area contributed by atoms with Crippen molar-refractivity contribution < 1.29 is 28.9 Å². The first kappa shape index (κ1) is 29.8. The minimum Gasteiger partial charge on any atom is -0.495 e. The van der Waals surface area contributed by atoms with Gasteiger partial charge in [0.25, 0.3) is 23.2 Å². The lowest BCUT2D eigenvalue weighted by Crippen LogP contribution is -2.14. The molecule has 0 aliphatic heterocycles. The van der Waals surface area contributed by atoms with Crippen LogP contribution in [-0.4, -0.2) is 35.9 Å². The number of methoxy groups -OCH3 is 2. The summed E-state index contributed by atoms with van der Waals surface area (Å²) in [6.07, 6.45) is 0. The molecule has 0 saturated heterocycles. The van der Waals surface area contributed by atoms with E-state index < -0.39 is 21.7 Å². The number of benzene rings is 4. The van der Waals surface area contributed by atoms with E-state index in [0.717, 1.165) is 12.1 Å². The molecular weight excluding hydrogens is 591 g/mol. The topological polar surface area (TPSA) is 163 Å². The fourth-order valence-corrected chi connectivity index (χ4v) is 4.34. The van der Waals surface area contributed by atoms with E-state index in [9.17, 15) is 29.8 Å². The number of carbonyl (C=O) groups is 2. The third-order valence-corrected chi connectivity index (χ3v) is 6.70. The maximum absolute atomic E-state index is 12.9. The van der Waals surface area contributed by atoms with Crippen molar-refractivity contribution in [2.24, 2.45) is 0 Å². The van der Waals surface area contributed by atoms with Crippen LogP contribution in [0, 0.1) is 20.2 Å². The molecule has 0 fully saturated rings. The fraction of sp³-hybridized carbons (Fsp3) is 0.0714. The summed E-state index contributed by atoms with van der Waals surface area (Å²) in [5.41, 5.74) is 1.18. The molecule has 214 valence electrons. The first-order valence-corrected chi connectivity index (χ1v) is 12.6. The van der Waals surface area contributed by atoms with Crippen molar-refractivity contribution in [2.45, 2.75) is 0 Å². The first-order valence-electron chi connectivity index (χ1n) is 11.9. The Hall–Kier alpha value is -5.20. The number of halogens is 2. The molecule has 4 rings (SSSR count). The highest BCUT2D eigenvalue weighted by atomic mass is 35.5. The molecular formula is C28H20Cl2N4O8. The van der Waals surface area contributed by atoms with Gasteiger partial charge in [-0.2, -0.15) is 0 Å². The molecule has 0 heterocycles. The second-order valence-corrected chi connectivity index (χ2v) is 9.40. The van der Waals surface area contributed by atoms with E-state index in [2.05, 4.69) is 10.6 Å². The summed E-state index contributed by atoms with van der Waals surface area (Å²) in [4.78, 5) is 46.7. The Labute approximate surface area is 248 Å². The van der Waals surface area contributed by atoms with Crippen molar-refractivity contribution in [3.63, 3.8) is 0 Å². The van der Waals surface area contributed by atoms with E-state index in [0.29, 0.717) is 34.0 Å². The highest BCUT2D eigenvalue weighted by molar-refractivity contribution is 6.35. The Morgan fingerprint density at radius 1 is 0.643 bits per heavy atom. The molecule has 2 amide bonds. The maximum atomic E-state index is 12.9. The van der Waals surface area contributed by atoms with Crippen molar-refractivity contribution >= 4 is 57.8 Å². The number of hydrogen-bond acceptors (Lipinski definition) is 8. The van der Waals surface area contributed by atoms with Gasteiger partial charge in [0.2, 0.25) is 0 Å². The zero-order valence-corrected chi connectivity index (χ0v) is 23.4. The second kappa shape index (κ2) is 12.5. The summed E-state index contributed by atoms with van der Waals surface area (Å²) in [6.45, 7) is 0. The van der Waals surface area contributed by atoms with Crippen molar-refractivity contribution in [1.82, 2.24) is 0 Å². The van der Waals surface area contributed by atoms with Gasteiger partial charge in [0.15, 0.2) is 0 Å². The SMILES string of the molecule is COc1cc(-c2ccc(NC(=O)c3cc([N+](=O)[O-])ccc3Cl)c(OC)c2)ccc1NC(=O)c1cc([N+](=O)[O-])ccc1Cl. The van der Waals surface area contributed by atoms with Crippen LogP contribution in [0.1, 0.15) is 20.7 Å². The number of nitrogens with zero attached hydrogens (tertiary/aromatic N) is 2. The average molecular weight is 611 g/mol. The molecule has 4 aromatic rings.